The number of carbonyl (C=O) groups is 4. The molecule has 3 aliphatic rings. The van der Waals surface area contributed by atoms with E-state index < -0.39 is 11.6 Å². The van der Waals surface area contributed by atoms with Gasteiger partial charge in [0.15, 0.2) is 0 Å². The number of carbonyl (C=O) groups excluding carboxylic acids is 4. The predicted octanol–water partition coefficient (Wildman–Crippen LogP) is 2.53. The Bertz CT molecular complexity index is 1120. The van der Waals surface area contributed by atoms with Gasteiger partial charge < -0.3 is 15.5 Å². The molecule has 8 heteroatoms. The van der Waals surface area contributed by atoms with Crippen molar-refractivity contribution in [3.05, 3.63) is 59.7 Å². The van der Waals surface area contributed by atoms with Crippen LogP contribution >= 0.6 is 0 Å². The molecule has 2 aromatic rings. The molecule has 5 rings (SSSR count). The van der Waals surface area contributed by atoms with Crippen molar-refractivity contribution in [3.8, 4) is 0 Å². The minimum absolute atomic E-state index is 0.0657. The normalized spacial score (nSPS) is 23.8. The van der Waals surface area contributed by atoms with Gasteiger partial charge in [-0.1, -0.05) is 30.3 Å². The number of imide groups is 1. The van der Waals surface area contributed by atoms with Crippen LogP contribution in [0.2, 0.25) is 0 Å². The van der Waals surface area contributed by atoms with E-state index in [1.807, 2.05) is 47.4 Å². The van der Waals surface area contributed by atoms with Gasteiger partial charge in [-0.15, -0.1) is 0 Å². The molecule has 33 heavy (non-hydrogen) atoms. The van der Waals surface area contributed by atoms with Crippen LogP contribution in [0.4, 0.5) is 16.2 Å². The minimum Gasteiger partial charge on any atom is -0.326 e. The van der Waals surface area contributed by atoms with E-state index >= 15 is 0 Å². The molecule has 0 unspecified atom stereocenters. The highest BCUT2D eigenvalue weighted by Gasteiger charge is 2.48. The van der Waals surface area contributed by atoms with E-state index in [0.29, 0.717) is 44.3 Å². The van der Waals surface area contributed by atoms with E-state index in [9.17, 15) is 19.2 Å². The van der Waals surface area contributed by atoms with E-state index in [2.05, 4.69) is 22.0 Å². The van der Waals surface area contributed by atoms with Crippen molar-refractivity contribution in [2.24, 2.45) is 5.92 Å². The molecule has 2 fully saturated rings. The zero-order valence-electron chi connectivity index (χ0n) is 18.2. The number of hydrogen-bond donors (Lipinski definition) is 3. The van der Waals surface area contributed by atoms with Crippen molar-refractivity contribution in [2.75, 3.05) is 16.8 Å². The molecule has 0 aromatic heterocycles. The lowest BCUT2D eigenvalue weighted by Crippen LogP contribution is -2.50. The molecule has 2 heterocycles. The second kappa shape index (κ2) is 8.35. The number of urea groups is 1. The lowest BCUT2D eigenvalue weighted by Gasteiger charge is -2.33. The summed E-state index contributed by atoms with van der Waals surface area (Å²) in [7, 11) is 0. The fraction of sp³-hybridized carbons (Fsp3) is 0.360. The van der Waals surface area contributed by atoms with Crippen LogP contribution in [0, 0.1) is 5.92 Å². The van der Waals surface area contributed by atoms with E-state index in [4.69, 9.17) is 0 Å². The van der Waals surface area contributed by atoms with Gasteiger partial charge in [-0.25, -0.2) is 4.79 Å². The smallest absolute Gasteiger partial charge is 0.322 e. The molecule has 8 nitrogen and oxygen atoms in total. The zero-order valence-corrected chi connectivity index (χ0v) is 18.2. The van der Waals surface area contributed by atoms with Gasteiger partial charge in [0.05, 0.1) is 6.42 Å². The Kier molecular flexibility index (Phi) is 5.36. The Hall–Kier alpha value is -3.68. The second-order valence-electron chi connectivity index (χ2n) is 9.05. The molecule has 1 spiro atoms. The van der Waals surface area contributed by atoms with Gasteiger partial charge in [0.25, 0.3) is 5.91 Å². The van der Waals surface area contributed by atoms with Crippen molar-refractivity contribution in [1.82, 2.24) is 10.6 Å². The predicted molar refractivity (Wildman–Crippen MR) is 123 cm³/mol. The maximum atomic E-state index is 12.8. The minimum atomic E-state index is -0.863. The molecule has 2 aliphatic heterocycles. The third kappa shape index (κ3) is 4.08. The second-order valence-corrected chi connectivity index (χ2v) is 9.05. The molecule has 1 aliphatic carbocycles. The topological polar surface area (TPSA) is 108 Å². The third-order valence-electron chi connectivity index (χ3n) is 6.99. The van der Waals surface area contributed by atoms with Gasteiger partial charge in [-0.05, 0) is 61.4 Å². The summed E-state index contributed by atoms with van der Waals surface area (Å²) >= 11 is 0. The Morgan fingerprint density at radius 2 is 1.76 bits per heavy atom. The summed E-state index contributed by atoms with van der Waals surface area (Å²) in [6.45, 7) is 0.709. The summed E-state index contributed by atoms with van der Waals surface area (Å²) in [5.41, 5.74) is 2.90. The van der Waals surface area contributed by atoms with E-state index in [-0.39, 0.29) is 23.6 Å². The number of para-hydroxylation sites is 1. The molecule has 2 aromatic carbocycles. The van der Waals surface area contributed by atoms with Crippen molar-refractivity contribution in [3.63, 3.8) is 0 Å². The average molecular weight is 447 g/mol. The highest BCUT2D eigenvalue weighted by Crippen LogP contribution is 2.35. The lowest BCUT2D eigenvalue weighted by molar-refractivity contribution is -0.128. The summed E-state index contributed by atoms with van der Waals surface area (Å²) in [4.78, 5) is 50.9. The zero-order chi connectivity index (χ0) is 23.0. The molecule has 170 valence electrons. The molecule has 0 bridgehead atoms. The number of benzene rings is 2. The number of anilines is 2. The van der Waals surface area contributed by atoms with Gasteiger partial charge in [-0.3, -0.25) is 19.7 Å². The first kappa shape index (κ1) is 21.2. The van der Waals surface area contributed by atoms with Gasteiger partial charge in [-0.2, -0.15) is 0 Å². The Morgan fingerprint density at radius 1 is 1.03 bits per heavy atom. The van der Waals surface area contributed by atoms with Crippen LogP contribution in [-0.4, -0.2) is 35.8 Å². The monoisotopic (exact) mass is 446 g/mol. The molecule has 3 N–H and O–H groups in total. The highest BCUT2D eigenvalue weighted by atomic mass is 16.2. The molecular formula is C25H26N4O4. The molecule has 0 radical (unpaired) electrons. The van der Waals surface area contributed by atoms with Crippen LogP contribution in [0.5, 0.6) is 0 Å². The summed E-state index contributed by atoms with van der Waals surface area (Å²) in [5, 5.41) is 7.94. The Labute approximate surface area is 191 Å². The Balaban J connectivity index is 1.15. The lowest BCUT2D eigenvalue weighted by atomic mass is 9.76. The highest BCUT2D eigenvalue weighted by molar-refractivity contribution is 6.07. The first-order chi connectivity index (χ1) is 15.9. The van der Waals surface area contributed by atoms with Crippen molar-refractivity contribution >= 4 is 35.1 Å². The number of nitrogens with one attached hydrogen (secondary N) is 3. The quantitative estimate of drug-likeness (QED) is 0.627. The van der Waals surface area contributed by atoms with Gasteiger partial charge >= 0.3 is 6.03 Å². The van der Waals surface area contributed by atoms with Crippen LogP contribution in [-0.2, 0) is 27.2 Å². The average Bonchev–Trinajstić information content (AvgIpc) is 3.36. The van der Waals surface area contributed by atoms with Gasteiger partial charge in [0.2, 0.25) is 11.8 Å². The summed E-state index contributed by atoms with van der Waals surface area (Å²) in [6, 6.07) is 14.9. The summed E-state index contributed by atoms with van der Waals surface area (Å²) < 4.78 is 0. The van der Waals surface area contributed by atoms with Crippen LogP contribution in [0.15, 0.2) is 48.5 Å². The number of hydrogen-bond acceptors (Lipinski definition) is 4. The van der Waals surface area contributed by atoms with Crippen LogP contribution in [0.25, 0.3) is 0 Å². The van der Waals surface area contributed by atoms with Crippen molar-refractivity contribution < 1.29 is 19.2 Å². The molecule has 5 amide bonds. The third-order valence-corrected chi connectivity index (χ3v) is 6.99. The fourth-order valence-corrected chi connectivity index (χ4v) is 5.07. The maximum absolute atomic E-state index is 12.8. The van der Waals surface area contributed by atoms with Crippen molar-refractivity contribution in [1.29, 1.82) is 0 Å². The van der Waals surface area contributed by atoms with E-state index in [1.165, 1.54) is 5.56 Å². The number of nitrogens with zero attached hydrogens (tertiary/aromatic N) is 1. The van der Waals surface area contributed by atoms with Gasteiger partial charge in [0.1, 0.15) is 5.54 Å². The fourth-order valence-electron chi connectivity index (χ4n) is 5.07. The number of rotatable bonds is 4. The summed E-state index contributed by atoms with van der Waals surface area (Å²) in [5.74, 6) is -0.533. The molecule has 1 saturated heterocycles. The van der Waals surface area contributed by atoms with E-state index in [0.717, 1.165) is 17.7 Å². The van der Waals surface area contributed by atoms with Crippen LogP contribution < -0.4 is 20.9 Å². The maximum Gasteiger partial charge on any atom is 0.322 e. The summed E-state index contributed by atoms with van der Waals surface area (Å²) in [6.07, 6.45) is 3.15. The van der Waals surface area contributed by atoms with Gasteiger partial charge in [0, 0.05) is 23.8 Å². The first-order valence-electron chi connectivity index (χ1n) is 11.4. The van der Waals surface area contributed by atoms with Crippen molar-refractivity contribution in [2.45, 2.75) is 44.1 Å². The van der Waals surface area contributed by atoms with Crippen LogP contribution in [0.3, 0.4) is 0 Å². The van der Waals surface area contributed by atoms with E-state index in [1.54, 1.807) is 0 Å². The molecular weight excluding hydrogens is 420 g/mol. The largest absolute Gasteiger partial charge is 0.326 e. The number of amides is 5. The Morgan fingerprint density at radius 3 is 2.45 bits per heavy atom. The SMILES string of the molecule is O=C1NC(=O)C2(CCC(C(=O)Nc3ccc(CC(=O)N4CCc5ccccc54)cc3)CC2)N1. The standard InChI is InChI=1S/C25H26N4O4/c30-21(29-14-11-17-3-1-2-4-20(17)29)15-16-5-7-19(8-6-16)26-22(31)18-9-12-25(13-10-18)23(32)27-24(33)28-25/h1-8,18H,9-15H2,(H,26,31)(H2,27,28,32,33). The molecule has 0 atom stereocenters. The van der Waals surface area contributed by atoms with Crippen LogP contribution in [0.1, 0.15) is 36.8 Å². The molecule has 1 saturated carbocycles. The first-order valence-corrected chi connectivity index (χ1v) is 11.4. The number of fused-ring (bicyclic) bond motifs is 1.